The molecule has 0 radical (unpaired) electrons. The van der Waals surface area contributed by atoms with Crippen LogP contribution in [0.25, 0.3) is 0 Å². The van der Waals surface area contributed by atoms with Crippen molar-refractivity contribution in [2.45, 2.75) is 32.3 Å². The van der Waals surface area contributed by atoms with Crippen molar-refractivity contribution in [3.63, 3.8) is 0 Å². The van der Waals surface area contributed by atoms with E-state index in [1.54, 1.807) is 14.2 Å². The Morgan fingerprint density at radius 3 is 2.28 bits per heavy atom. The highest BCUT2D eigenvalue weighted by molar-refractivity contribution is 5.46. The summed E-state index contributed by atoms with van der Waals surface area (Å²) >= 11 is 0. The fourth-order valence-corrected chi connectivity index (χ4v) is 2.49. The molecule has 0 aliphatic carbocycles. The van der Waals surface area contributed by atoms with E-state index < -0.39 is 0 Å². The molecule has 18 heavy (non-hydrogen) atoms. The predicted molar refractivity (Wildman–Crippen MR) is 71.3 cm³/mol. The van der Waals surface area contributed by atoms with Crippen LogP contribution in [0.15, 0.2) is 12.1 Å². The summed E-state index contributed by atoms with van der Waals surface area (Å²) in [7, 11) is 3.47. The van der Waals surface area contributed by atoms with E-state index in [2.05, 4.69) is 32.9 Å². The lowest BCUT2D eigenvalue weighted by Crippen LogP contribution is -2.48. The summed E-state index contributed by atoms with van der Waals surface area (Å²) in [5.74, 6) is 1.38. The summed E-state index contributed by atoms with van der Waals surface area (Å²) in [6.45, 7) is 7.71. The Morgan fingerprint density at radius 2 is 1.89 bits per heavy atom. The lowest BCUT2D eigenvalue weighted by Gasteiger charge is -2.41. The molecule has 1 aromatic rings. The maximum absolute atomic E-state index is 5.68. The summed E-state index contributed by atoms with van der Waals surface area (Å²) in [5, 5.41) is 0. The molecule has 0 aromatic heterocycles. The molecule has 0 bridgehead atoms. The van der Waals surface area contributed by atoms with Gasteiger partial charge in [-0.1, -0.05) is 13.8 Å². The van der Waals surface area contributed by atoms with Crippen LogP contribution in [0.4, 0.5) is 0 Å². The molecule has 3 heteroatoms. The number of methoxy groups -OCH3 is 2. The van der Waals surface area contributed by atoms with Crippen molar-refractivity contribution in [3.8, 4) is 5.75 Å². The molecular weight excluding hydrogens is 228 g/mol. The van der Waals surface area contributed by atoms with Gasteiger partial charge in [0.05, 0.1) is 20.3 Å². The van der Waals surface area contributed by atoms with E-state index >= 15 is 0 Å². The van der Waals surface area contributed by atoms with Gasteiger partial charge in [0, 0.05) is 7.11 Å². The Labute approximate surface area is 109 Å². The number of aryl methyl sites for hydroxylation is 1. The van der Waals surface area contributed by atoms with Gasteiger partial charge < -0.3 is 14.2 Å². The van der Waals surface area contributed by atoms with Crippen molar-refractivity contribution < 1.29 is 14.2 Å². The standard InChI is InChI=1S/C15H22O3/c1-10(2)12-7-13(11(3)6-14(12)16-4)15(17-5)8-18-9-15/h6-7,10H,8-9H2,1-5H3. The van der Waals surface area contributed by atoms with Crippen molar-refractivity contribution in [2.75, 3.05) is 27.4 Å². The summed E-state index contributed by atoms with van der Waals surface area (Å²) in [6, 6.07) is 4.31. The third-order valence-corrected chi connectivity index (χ3v) is 3.75. The zero-order valence-corrected chi connectivity index (χ0v) is 11.9. The number of rotatable bonds is 4. The van der Waals surface area contributed by atoms with Gasteiger partial charge in [-0.2, -0.15) is 0 Å². The predicted octanol–water partition coefficient (Wildman–Crippen LogP) is 3.00. The average molecular weight is 250 g/mol. The maximum atomic E-state index is 5.68. The first kappa shape index (κ1) is 13.4. The second kappa shape index (κ2) is 4.90. The SMILES string of the molecule is COc1cc(C)c(C2(OC)COC2)cc1C(C)C. The van der Waals surface area contributed by atoms with E-state index in [9.17, 15) is 0 Å². The minimum absolute atomic E-state index is 0.264. The number of benzene rings is 1. The van der Waals surface area contributed by atoms with Gasteiger partial charge in [-0.3, -0.25) is 0 Å². The van der Waals surface area contributed by atoms with Gasteiger partial charge in [0.1, 0.15) is 11.4 Å². The Morgan fingerprint density at radius 1 is 1.22 bits per heavy atom. The van der Waals surface area contributed by atoms with Crippen molar-refractivity contribution in [1.82, 2.24) is 0 Å². The van der Waals surface area contributed by atoms with Crippen molar-refractivity contribution in [1.29, 1.82) is 0 Å². The van der Waals surface area contributed by atoms with Gasteiger partial charge in [-0.25, -0.2) is 0 Å². The number of hydrogen-bond donors (Lipinski definition) is 0. The highest BCUT2D eigenvalue weighted by atomic mass is 16.6. The first-order valence-corrected chi connectivity index (χ1v) is 6.36. The van der Waals surface area contributed by atoms with Gasteiger partial charge in [0.2, 0.25) is 0 Å². The van der Waals surface area contributed by atoms with Crippen LogP contribution in [-0.2, 0) is 15.1 Å². The molecule has 2 rings (SSSR count). The first-order chi connectivity index (χ1) is 8.54. The minimum Gasteiger partial charge on any atom is -0.496 e. The molecule has 0 saturated carbocycles. The molecule has 1 aromatic carbocycles. The molecule has 0 unspecified atom stereocenters. The van der Waals surface area contributed by atoms with Gasteiger partial charge in [-0.15, -0.1) is 0 Å². The molecule has 100 valence electrons. The van der Waals surface area contributed by atoms with Gasteiger partial charge in [-0.05, 0) is 41.7 Å². The molecule has 1 heterocycles. The Kier molecular flexibility index (Phi) is 3.64. The van der Waals surface area contributed by atoms with E-state index in [1.165, 1.54) is 16.7 Å². The van der Waals surface area contributed by atoms with E-state index in [0.29, 0.717) is 19.1 Å². The van der Waals surface area contributed by atoms with Gasteiger partial charge in [0.15, 0.2) is 0 Å². The lowest BCUT2D eigenvalue weighted by molar-refractivity contribution is -0.202. The summed E-state index contributed by atoms with van der Waals surface area (Å²) in [5.41, 5.74) is 3.38. The molecule has 1 aliphatic heterocycles. The van der Waals surface area contributed by atoms with E-state index in [-0.39, 0.29) is 5.60 Å². The molecular formula is C15H22O3. The van der Waals surface area contributed by atoms with Crippen LogP contribution in [0.1, 0.15) is 36.5 Å². The second-order valence-electron chi connectivity index (χ2n) is 5.25. The fourth-order valence-electron chi connectivity index (χ4n) is 2.49. The van der Waals surface area contributed by atoms with Crippen molar-refractivity contribution in [2.24, 2.45) is 0 Å². The van der Waals surface area contributed by atoms with E-state index in [4.69, 9.17) is 14.2 Å². The van der Waals surface area contributed by atoms with Crippen molar-refractivity contribution >= 4 is 0 Å². The average Bonchev–Trinajstić information content (AvgIpc) is 2.29. The van der Waals surface area contributed by atoms with Crippen LogP contribution in [0.5, 0.6) is 5.75 Å². The van der Waals surface area contributed by atoms with E-state index in [1.807, 2.05) is 0 Å². The Hall–Kier alpha value is -1.06. The molecule has 0 amide bonds. The smallest absolute Gasteiger partial charge is 0.139 e. The highest BCUT2D eigenvalue weighted by Gasteiger charge is 2.42. The second-order valence-corrected chi connectivity index (χ2v) is 5.25. The molecule has 0 N–H and O–H groups in total. The third kappa shape index (κ3) is 2.02. The largest absolute Gasteiger partial charge is 0.496 e. The van der Waals surface area contributed by atoms with Gasteiger partial charge >= 0.3 is 0 Å². The summed E-state index contributed by atoms with van der Waals surface area (Å²) < 4.78 is 16.5. The van der Waals surface area contributed by atoms with E-state index in [0.717, 1.165) is 5.75 Å². The lowest BCUT2D eigenvalue weighted by atomic mass is 9.85. The molecule has 1 aliphatic rings. The normalized spacial score (nSPS) is 17.7. The molecule has 1 saturated heterocycles. The minimum atomic E-state index is -0.264. The van der Waals surface area contributed by atoms with Crippen LogP contribution in [0.3, 0.4) is 0 Å². The zero-order chi connectivity index (χ0) is 13.3. The fraction of sp³-hybridized carbons (Fsp3) is 0.600. The quantitative estimate of drug-likeness (QED) is 0.822. The molecule has 0 spiro atoms. The topological polar surface area (TPSA) is 27.7 Å². The molecule has 0 atom stereocenters. The van der Waals surface area contributed by atoms with Crippen LogP contribution in [0, 0.1) is 6.92 Å². The van der Waals surface area contributed by atoms with Gasteiger partial charge in [0.25, 0.3) is 0 Å². The Balaban J connectivity index is 2.51. The number of hydrogen-bond acceptors (Lipinski definition) is 3. The van der Waals surface area contributed by atoms with Crippen LogP contribution >= 0.6 is 0 Å². The molecule has 1 fully saturated rings. The Bertz CT molecular complexity index is 428. The maximum Gasteiger partial charge on any atom is 0.139 e. The first-order valence-electron chi connectivity index (χ1n) is 6.36. The summed E-state index contributed by atoms with van der Waals surface area (Å²) in [6.07, 6.45) is 0. The molecule has 3 nitrogen and oxygen atoms in total. The summed E-state index contributed by atoms with van der Waals surface area (Å²) in [4.78, 5) is 0. The number of ether oxygens (including phenoxy) is 3. The third-order valence-electron chi connectivity index (χ3n) is 3.75. The van der Waals surface area contributed by atoms with Crippen LogP contribution in [-0.4, -0.2) is 27.4 Å². The van der Waals surface area contributed by atoms with Crippen LogP contribution in [0.2, 0.25) is 0 Å². The van der Waals surface area contributed by atoms with Crippen molar-refractivity contribution in [3.05, 3.63) is 28.8 Å². The van der Waals surface area contributed by atoms with Crippen LogP contribution < -0.4 is 4.74 Å². The zero-order valence-electron chi connectivity index (χ0n) is 11.9. The highest BCUT2D eigenvalue weighted by Crippen LogP contribution is 2.39. The monoisotopic (exact) mass is 250 g/mol.